The molecule has 2 saturated carbocycles. The molecule has 0 unspecified atom stereocenters. The van der Waals surface area contributed by atoms with Crippen LogP contribution in [-0.4, -0.2) is 48.6 Å². The van der Waals surface area contributed by atoms with Gasteiger partial charge in [0.15, 0.2) is 0 Å². The molecule has 0 aromatic heterocycles. The first-order valence-corrected chi connectivity index (χ1v) is 7.88. The van der Waals surface area contributed by atoms with E-state index >= 15 is 0 Å². The smallest absolute Gasteiger partial charge is 0.0113 e. The lowest BCUT2D eigenvalue weighted by Gasteiger charge is -2.35. The van der Waals surface area contributed by atoms with Crippen molar-refractivity contribution in [1.82, 2.24) is 9.80 Å². The van der Waals surface area contributed by atoms with Crippen molar-refractivity contribution in [3.63, 3.8) is 0 Å². The third-order valence-corrected chi connectivity index (χ3v) is 5.05. The summed E-state index contributed by atoms with van der Waals surface area (Å²) in [6.07, 6.45) is 12.0. The molecule has 17 heavy (non-hydrogen) atoms. The Morgan fingerprint density at radius 1 is 0.765 bits per heavy atom. The number of rotatable bonds is 4. The van der Waals surface area contributed by atoms with Gasteiger partial charge in [-0.3, -0.25) is 4.90 Å². The van der Waals surface area contributed by atoms with E-state index in [1.807, 2.05) is 0 Å². The number of piperazine rings is 1. The maximum absolute atomic E-state index is 2.72. The minimum absolute atomic E-state index is 0.982. The molecule has 1 saturated heterocycles. The van der Waals surface area contributed by atoms with Gasteiger partial charge in [0.2, 0.25) is 0 Å². The second-order valence-electron chi connectivity index (χ2n) is 6.40. The first-order valence-electron chi connectivity index (χ1n) is 7.88. The fourth-order valence-corrected chi connectivity index (χ4v) is 3.63. The molecular formula is C15H28N2. The molecule has 1 aliphatic heterocycles. The molecule has 0 bridgehead atoms. The van der Waals surface area contributed by atoms with Crippen molar-refractivity contribution < 1.29 is 0 Å². The van der Waals surface area contributed by atoms with Crippen LogP contribution in [0.4, 0.5) is 0 Å². The molecule has 2 aliphatic carbocycles. The lowest BCUT2D eigenvalue weighted by Crippen LogP contribution is -2.47. The molecule has 1 heterocycles. The zero-order valence-electron chi connectivity index (χ0n) is 11.2. The molecule has 0 atom stereocenters. The second-order valence-corrected chi connectivity index (χ2v) is 6.40. The van der Waals surface area contributed by atoms with E-state index in [2.05, 4.69) is 9.80 Å². The lowest BCUT2D eigenvalue weighted by molar-refractivity contribution is 0.118. The van der Waals surface area contributed by atoms with Crippen LogP contribution in [0.25, 0.3) is 0 Å². The van der Waals surface area contributed by atoms with Crippen LogP contribution in [0.2, 0.25) is 0 Å². The highest BCUT2D eigenvalue weighted by Crippen LogP contribution is 2.28. The Bertz CT molecular complexity index is 223. The van der Waals surface area contributed by atoms with Crippen LogP contribution in [0, 0.1) is 5.92 Å². The monoisotopic (exact) mass is 236 g/mol. The van der Waals surface area contributed by atoms with Gasteiger partial charge >= 0.3 is 0 Å². The van der Waals surface area contributed by atoms with Gasteiger partial charge in [0, 0.05) is 32.2 Å². The molecule has 3 fully saturated rings. The van der Waals surface area contributed by atoms with E-state index in [9.17, 15) is 0 Å². The second kappa shape index (κ2) is 5.71. The van der Waals surface area contributed by atoms with E-state index < -0.39 is 0 Å². The first kappa shape index (κ1) is 12.0. The van der Waals surface area contributed by atoms with Crippen LogP contribution in [0.5, 0.6) is 0 Å². The Balaban J connectivity index is 1.32. The Morgan fingerprint density at radius 2 is 1.47 bits per heavy atom. The van der Waals surface area contributed by atoms with E-state index in [1.54, 1.807) is 0 Å². The summed E-state index contributed by atoms with van der Waals surface area (Å²) >= 11 is 0. The fraction of sp³-hybridized carbons (Fsp3) is 1.00. The van der Waals surface area contributed by atoms with Gasteiger partial charge in [0.05, 0.1) is 0 Å². The van der Waals surface area contributed by atoms with Gasteiger partial charge in [-0.2, -0.15) is 0 Å². The van der Waals surface area contributed by atoms with Crippen LogP contribution in [0.3, 0.4) is 0 Å². The van der Waals surface area contributed by atoms with E-state index in [1.165, 1.54) is 84.1 Å². The quantitative estimate of drug-likeness (QED) is 0.740. The molecule has 0 aromatic carbocycles. The van der Waals surface area contributed by atoms with Gasteiger partial charge in [-0.25, -0.2) is 0 Å². The summed E-state index contributed by atoms with van der Waals surface area (Å²) < 4.78 is 0. The summed E-state index contributed by atoms with van der Waals surface area (Å²) in [5, 5.41) is 0. The molecule has 2 nitrogen and oxygen atoms in total. The topological polar surface area (TPSA) is 6.48 Å². The molecule has 0 amide bonds. The SMILES string of the molecule is C1CCC(CCN2CCN(C3CC3)CC2)CC1. The Labute approximate surface area is 106 Å². The third kappa shape index (κ3) is 3.45. The van der Waals surface area contributed by atoms with Crippen LogP contribution in [0.15, 0.2) is 0 Å². The molecule has 98 valence electrons. The van der Waals surface area contributed by atoms with Crippen molar-refractivity contribution in [2.75, 3.05) is 32.7 Å². The third-order valence-electron chi connectivity index (χ3n) is 5.05. The molecule has 0 spiro atoms. The highest BCUT2D eigenvalue weighted by atomic mass is 15.3. The number of hydrogen-bond donors (Lipinski definition) is 0. The average molecular weight is 236 g/mol. The van der Waals surface area contributed by atoms with E-state index in [-0.39, 0.29) is 0 Å². The Hall–Kier alpha value is -0.0800. The van der Waals surface area contributed by atoms with Gasteiger partial charge in [0.1, 0.15) is 0 Å². The lowest BCUT2D eigenvalue weighted by atomic mass is 9.87. The van der Waals surface area contributed by atoms with Crippen molar-refractivity contribution in [2.45, 2.75) is 57.4 Å². The summed E-state index contributed by atoms with van der Waals surface area (Å²) in [7, 11) is 0. The average Bonchev–Trinajstić information content (AvgIpc) is 3.23. The summed E-state index contributed by atoms with van der Waals surface area (Å²) in [4.78, 5) is 5.44. The van der Waals surface area contributed by atoms with Crippen LogP contribution in [0.1, 0.15) is 51.4 Å². The van der Waals surface area contributed by atoms with Crippen molar-refractivity contribution >= 4 is 0 Å². The molecular weight excluding hydrogens is 208 g/mol. The molecule has 3 rings (SSSR count). The highest BCUT2D eigenvalue weighted by Gasteiger charge is 2.31. The van der Waals surface area contributed by atoms with E-state index in [4.69, 9.17) is 0 Å². The minimum atomic E-state index is 0.982. The van der Waals surface area contributed by atoms with E-state index in [0.29, 0.717) is 0 Å². The summed E-state index contributed by atoms with van der Waals surface area (Å²) in [6, 6.07) is 0.982. The van der Waals surface area contributed by atoms with Crippen molar-refractivity contribution in [3.8, 4) is 0 Å². The fourth-order valence-electron chi connectivity index (χ4n) is 3.63. The molecule has 0 N–H and O–H groups in total. The van der Waals surface area contributed by atoms with E-state index in [0.717, 1.165) is 12.0 Å². The van der Waals surface area contributed by atoms with Gasteiger partial charge < -0.3 is 4.90 Å². The highest BCUT2D eigenvalue weighted by molar-refractivity contribution is 4.87. The first-order chi connectivity index (χ1) is 8.42. The number of hydrogen-bond acceptors (Lipinski definition) is 2. The normalized spacial score (nSPS) is 29.6. The maximum Gasteiger partial charge on any atom is 0.0113 e. The van der Waals surface area contributed by atoms with Crippen molar-refractivity contribution in [2.24, 2.45) is 5.92 Å². The summed E-state index contributed by atoms with van der Waals surface area (Å²) in [6.45, 7) is 6.74. The van der Waals surface area contributed by atoms with Gasteiger partial charge in [-0.15, -0.1) is 0 Å². The molecule has 0 radical (unpaired) electrons. The van der Waals surface area contributed by atoms with Gasteiger partial charge in [0.25, 0.3) is 0 Å². The van der Waals surface area contributed by atoms with Gasteiger partial charge in [-0.05, 0) is 31.7 Å². The Kier molecular flexibility index (Phi) is 4.02. The summed E-state index contributed by atoms with van der Waals surface area (Å²) in [5.74, 6) is 1.06. The maximum atomic E-state index is 2.72. The molecule has 2 heteroatoms. The predicted molar refractivity (Wildman–Crippen MR) is 72.2 cm³/mol. The van der Waals surface area contributed by atoms with Crippen molar-refractivity contribution in [3.05, 3.63) is 0 Å². The summed E-state index contributed by atoms with van der Waals surface area (Å²) in [5.41, 5.74) is 0. The van der Waals surface area contributed by atoms with Crippen LogP contribution >= 0.6 is 0 Å². The van der Waals surface area contributed by atoms with Crippen LogP contribution < -0.4 is 0 Å². The Morgan fingerprint density at radius 3 is 2.12 bits per heavy atom. The van der Waals surface area contributed by atoms with Crippen LogP contribution in [-0.2, 0) is 0 Å². The minimum Gasteiger partial charge on any atom is -0.301 e. The molecule has 0 aromatic rings. The largest absolute Gasteiger partial charge is 0.301 e. The van der Waals surface area contributed by atoms with Gasteiger partial charge in [-0.1, -0.05) is 32.1 Å². The number of nitrogens with zero attached hydrogens (tertiary/aromatic N) is 2. The zero-order chi connectivity index (χ0) is 11.5. The zero-order valence-corrected chi connectivity index (χ0v) is 11.2. The molecule has 3 aliphatic rings. The van der Waals surface area contributed by atoms with Crippen molar-refractivity contribution in [1.29, 1.82) is 0 Å². The predicted octanol–water partition coefficient (Wildman–Crippen LogP) is 2.74. The standard InChI is InChI=1S/C15H28N2/c1-2-4-14(5-3-1)8-9-16-10-12-17(13-11-16)15-6-7-15/h14-15H,1-13H2.